The van der Waals surface area contributed by atoms with Gasteiger partial charge in [-0.2, -0.15) is 0 Å². The molecule has 1 aliphatic heterocycles. The summed E-state index contributed by atoms with van der Waals surface area (Å²) in [4.78, 5) is -0.148. The van der Waals surface area contributed by atoms with Crippen LogP contribution in [0.2, 0.25) is 0 Å². The van der Waals surface area contributed by atoms with Crippen molar-refractivity contribution in [3.05, 3.63) is 35.4 Å². The van der Waals surface area contributed by atoms with Crippen LogP contribution in [0.4, 0.5) is 0 Å². The lowest BCUT2D eigenvalue weighted by molar-refractivity contribution is 0.0435. The normalized spacial score (nSPS) is 18.0. The highest BCUT2D eigenvalue weighted by Gasteiger charge is 2.32. The Kier molecular flexibility index (Phi) is 8.51. The number of ether oxygens (including phenoxy) is 5. The van der Waals surface area contributed by atoms with Crippen molar-refractivity contribution in [1.82, 2.24) is 0 Å². The van der Waals surface area contributed by atoms with Gasteiger partial charge in [0.2, 0.25) is 5.75 Å². The van der Waals surface area contributed by atoms with Crippen LogP contribution in [0.25, 0.3) is 0 Å². The van der Waals surface area contributed by atoms with Crippen LogP contribution in [0.3, 0.4) is 0 Å². The summed E-state index contributed by atoms with van der Waals surface area (Å²) in [5.41, 5.74) is 1.35. The number of methoxy groups -OCH3 is 3. The van der Waals surface area contributed by atoms with Crippen molar-refractivity contribution in [2.75, 3.05) is 40.3 Å². The largest absolute Gasteiger partial charge is 0.504 e. The van der Waals surface area contributed by atoms with E-state index in [1.54, 1.807) is 14.2 Å². The molecule has 1 heterocycles. The minimum atomic E-state index is -3.87. The predicted molar refractivity (Wildman–Crippen MR) is 125 cm³/mol. The Bertz CT molecular complexity index is 1070. The quantitative estimate of drug-likeness (QED) is 0.481. The monoisotopic (exact) mass is 496 g/mol. The molecule has 0 aromatic heterocycles. The Hall–Kier alpha value is -2.69. The van der Waals surface area contributed by atoms with Crippen LogP contribution >= 0.6 is 0 Å². The highest BCUT2D eigenvalue weighted by molar-refractivity contribution is 7.91. The molecule has 0 amide bonds. The van der Waals surface area contributed by atoms with Crippen LogP contribution in [0, 0.1) is 0 Å². The van der Waals surface area contributed by atoms with Crippen molar-refractivity contribution < 1.29 is 42.3 Å². The van der Waals surface area contributed by atoms with Crippen LogP contribution in [-0.4, -0.2) is 58.9 Å². The van der Waals surface area contributed by atoms with E-state index in [0.717, 1.165) is 5.56 Å². The van der Waals surface area contributed by atoms with Gasteiger partial charge in [-0.3, -0.25) is 0 Å². The second-order valence-electron chi connectivity index (χ2n) is 7.91. The van der Waals surface area contributed by atoms with Crippen LogP contribution in [0.1, 0.15) is 49.5 Å². The van der Waals surface area contributed by atoms with Crippen LogP contribution in [-0.2, 0) is 14.6 Å². The number of phenols is 1. The summed E-state index contributed by atoms with van der Waals surface area (Å²) in [6, 6.07) is 6.60. The number of rotatable bonds is 11. The molecule has 0 bridgehead atoms. The van der Waals surface area contributed by atoms with Gasteiger partial charge >= 0.3 is 0 Å². The molecule has 1 aliphatic rings. The molecule has 0 radical (unpaired) electrons. The summed E-state index contributed by atoms with van der Waals surface area (Å²) in [5.74, 6) is 0.653. The Morgan fingerprint density at radius 2 is 1.53 bits per heavy atom. The second-order valence-corrected chi connectivity index (χ2v) is 9.99. The molecule has 188 valence electrons. The maximum absolute atomic E-state index is 12.8. The zero-order valence-electron chi connectivity index (χ0n) is 19.9. The molecule has 10 heteroatoms. The highest BCUT2D eigenvalue weighted by atomic mass is 32.2. The SMILES string of the molecule is CCCOc1c(O)cc(C2CCC(c3cc(OC)c(OC)c(OC)c3)O2)cc1S(=O)(=O)CCO. The fraction of sp³-hybridized carbons (Fsp3) is 0.500. The molecule has 0 saturated carbocycles. The number of aromatic hydroxyl groups is 1. The fourth-order valence-electron chi connectivity index (χ4n) is 4.02. The van der Waals surface area contributed by atoms with Gasteiger partial charge in [0.1, 0.15) is 4.90 Å². The van der Waals surface area contributed by atoms with Gasteiger partial charge in [-0.25, -0.2) is 8.42 Å². The van der Waals surface area contributed by atoms with Gasteiger partial charge in [0.15, 0.2) is 32.8 Å². The van der Waals surface area contributed by atoms with Crippen LogP contribution in [0.5, 0.6) is 28.7 Å². The summed E-state index contributed by atoms with van der Waals surface area (Å²) in [7, 11) is 0.738. The number of sulfone groups is 1. The predicted octanol–water partition coefficient (Wildman–Crippen LogP) is 3.57. The lowest BCUT2D eigenvalue weighted by atomic mass is 10.0. The summed E-state index contributed by atoms with van der Waals surface area (Å²) < 4.78 is 53.6. The van der Waals surface area contributed by atoms with Gasteiger partial charge in [-0.15, -0.1) is 0 Å². The molecule has 2 aromatic rings. The van der Waals surface area contributed by atoms with Crippen molar-refractivity contribution in [2.45, 2.75) is 43.3 Å². The molecule has 34 heavy (non-hydrogen) atoms. The summed E-state index contributed by atoms with van der Waals surface area (Å²) >= 11 is 0. The molecule has 1 saturated heterocycles. The maximum Gasteiger partial charge on any atom is 0.203 e. The summed E-state index contributed by atoms with van der Waals surface area (Å²) in [5, 5.41) is 19.8. The molecule has 9 nitrogen and oxygen atoms in total. The molecule has 3 rings (SSSR count). The highest BCUT2D eigenvalue weighted by Crippen LogP contribution is 2.47. The third-order valence-corrected chi connectivity index (χ3v) is 7.35. The van der Waals surface area contributed by atoms with Crippen LogP contribution in [0.15, 0.2) is 29.2 Å². The first kappa shape index (κ1) is 25.9. The molecule has 2 unspecified atom stereocenters. The number of benzene rings is 2. The van der Waals surface area contributed by atoms with Crippen molar-refractivity contribution >= 4 is 9.84 Å². The van der Waals surface area contributed by atoms with E-state index in [0.29, 0.717) is 42.1 Å². The van der Waals surface area contributed by atoms with Gasteiger partial charge in [-0.05, 0) is 54.7 Å². The van der Waals surface area contributed by atoms with E-state index < -0.39 is 28.3 Å². The first-order valence-electron chi connectivity index (χ1n) is 11.1. The summed E-state index contributed by atoms with van der Waals surface area (Å²) in [6.45, 7) is 1.59. The molecule has 2 aromatic carbocycles. The number of aliphatic hydroxyl groups is 1. The first-order valence-corrected chi connectivity index (χ1v) is 12.7. The Labute approximate surface area is 200 Å². The number of phenolic OH excluding ortho intramolecular Hbond substituents is 1. The molecule has 2 N–H and O–H groups in total. The standard InChI is InChI=1S/C24H32O9S/c1-5-9-32-23-17(26)11-15(14-22(23)34(27,28)10-8-25)18-6-7-19(33-18)16-12-20(29-2)24(31-4)21(13-16)30-3/h11-14,18-19,25-26H,5-10H2,1-4H3. The number of hydrogen-bond acceptors (Lipinski definition) is 9. The zero-order chi connectivity index (χ0) is 24.9. The average molecular weight is 497 g/mol. The number of hydrogen-bond donors (Lipinski definition) is 2. The smallest absolute Gasteiger partial charge is 0.203 e. The third-order valence-electron chi connectivity index (χ3n) is 5.65. The first-order chi connectivity index (χ1) is 16.3. The number of aliphatic hydroxyl groups excluding tert-OH is 1. The molecule has 1 fully saturated rings. The van der Waals surface area contributed by atoms with E-state index in [9.17, 15) is 18.6 Å². The van der Waals surface area contributed by atoms with Crippen molar-refractivity contribution in [3.63, 3.8) is 0 Å². The zero-order valence-corrected chi connectivity index (χ0v) is 20.7. The Balaban J connectivity index is 1.95. The third kappa shape index (κ3) is 5.34. The topological polar surface area (TPSA) is 121 Å². The van der Waals surface area contributed by atoms with Gasteiger partial charge < -0.3 is 33.9 Å². The van der Waals surface area contributed by atoms with E-state index in [1.165, 1.54) is 19.2 Å². The van der Waals surface area contributed by atoms with Gasteiger partial charge in [0.05, 0.1) is 52.5 Å². The fourth-order valence-corrected chi connectivity index (χ4v) is 5.24. The minimum Gasteiger partial charge on any atom is -0.504 e. The molecular weight excluding hydrogens is 464 g/mol. The van der Waals surface area contributed by atoms with Crippen molar-refractivity contribution in [1.29, 1.82) is 0 Å². The average Bonchev–Trinajstić information content (AvgIpc) is 3.32. The van der Waals surface area contributed by atoms with Crippen molar-refractivity contribution in [3.8, 4) is 28.7 Å². The lowest BCUT2D eigenvalue weighted by Crippen LogP contribution is -2.13. The van der Waals surface area contributed by atoms with Crippen LogP contribution < -0.4 is 18.9 Å². The van der Waals surface area contributed by atoms with Gasteiger partial charge in [0, 0.05) is 0 Å². The van der Waals surface area contributed by atoms with E-state index in [-0.39, 0.29) is 29.1 Å². The lowest BCUT2D eigenvalue weighted by Gasteiger charge is -2.20. The van der Waals surface area contributed by atoms with E-state index >= 15 is 0 Å². The van der Waals surface area contributed by atoms with E-state index in [4.69, 9.17) is 23.7 Å². The molecule has 0 aliphatic carbocycles. The molecule has 0 spiro atoms. The summed E-state index contributed by atoms with van der Waals surface area (Å²) in [6.07, 6.45) is 1.17. The van der Waals surface area contributed by atoms with Crippen molar-refractivity contribution in [2.24, 2.45) is 0 Å². The second kappa shape index (κ2) is 11.2. The Morgan fingerprint density at radius 3 is 2.03 bits per heavy atom. The Morgan fingerprint density at radius 1 is 0.941 bits per heavy atom. The minimum absolute atomic E-state index is 0.0989. The molecular formula is C24H32O9S. The van der Waals surface area contributed by atoms with Gasteiger partial charge in [-0.1, -0.05) is 6.92 Å². The van der Waals surface area contributed by atoms with E-state index in [2.05, 4.69) is 0 Å². The van der Waals surface area contributed by atoms with E-state index in [1.807, 2.05) is 19.1 Å². The maximum atomic E-state index is 12.8. The van der Waals surface area contributed by atoms with Gasteiger partial charge in [0.25, 0.3) is 0 Å². The molecule has 2 atom stereocenters.